The second-order valence-electron chi connectivity index (χ2n) is 6.54. The number of allylic oxidation sites excluding steroid dienone is 2. The van der Waals surface area contributed by atoms with Gasteiger partial charge in [0.05, 0.1) is 0 Å². The number of aryl methyl sites for hydroxylation is 1. The molecule has 3 heterocycles. The number of nitrogens with zero attached hydrogens (tertiary/aromatic N) is 4. The Bertz CT molecular complexity index is 854. The number of fused-ring (bicyclic) bond motifs is 1. The van der Waals surface area contributed by atoms with E-state index in [2.05, 4.69) is 38.9 Å². The van der Waals surface area contributed by atoms with Gasteiger partial charge in [-0.15, -0.1) is 0 Å². The van der Waals surface area contributed by atoms with Crippen molar-refractivity contribution in [1.82, 2.24) is 4.90 Å². The maximum absolute atomic E-state index is 12.6. The highest BCUT2D eigenvalue weighted by atomic mass is 16.1. The Morgan fingerprint density at radius 2 is 2.00 bits per heavy atom. The van der Waals surface area contributed by atoms with E-state index in [1.165, 1.54) is 5.56 Å². The Labute approximate surface area is 147 Å². The van der Waals surface area contributed by atoms with E-state index < -0.39 is 5.92 Å². The van der Waals surface area contributed by atoms with Gasteiger partial charge in [-0.3, -0.25) is 4.79 Å². The van der Waals surface area contributed by atoms with Crippen molar-refractivity contribution in [2.24, 2.45) is 20.9 Å². The summed E-state index contributed by atoms with van der Waals surface area (Å²) in [6.45, 7) is 3.88. The number of aliphatic imine (C=N–C) groups is 3. The molecular weight excluding hydrogens is 312 g/mol. The number of hydrogen-bond acceptors (Lipinski definition) is 4. The van der Waals surface area contributed by atoms with Crippen LogP contribution in [0.2, 0.25) is 0 Å². The average Bonchev–Trinajstić information content (AvgIpc) is 3.14. The quantitative estimate of drug-likeness (QED) is 0.836. The van der Waals surface area contributed by atoms with Crippen molar-refractivity contribution >= 4 is 30.0 Å². The standard InChI is InChI=1S/C20H20N4O/c1-14-5-4-6-15(13-14)7-8-16-9-10-21-18-17(16)19(25)23-20(22-18)24-11-2-3-12-24/h4-10,13,17H,2-3,11-12H2,1H3/b8-7+. The van der Waals surface area contributed by atoms with Gasteiger partial charge in [-0.1, -0.05) is 42.0 Å². The molecule has 0 aromatic heterocycles. The van der Waals surface area contributed by atoms with Crippen molar-refractivity contribution in [1.29, 1.82) is 0 Å². The molecule has 0 aliphatic carbocycles. The fourth-order valence-electron chi connectivity index (χ4n) is 3.33. The summed E-state index contributed by atoms with van der Waals surface area (Å²) in [6, 6.07) is 8.24. The molecular formula is C20H20N4O. The van der Waals surface area contributed by atoms with Crippen LogP contribution in [0.15, 0.2) is 57.0 Å². The molecule has 5 nitrogen and oxygen atoms in total. The van der Waals surface area contributed by atoms with Gasteiger partial charge in [-0.05, 0) is 37.0 Å². The van der Waals surface area contributed by atoms with Crippen LogP contribution in [0.5, 0.6) is 0 Å². The van der Waals surface area contributed by atoms with E-state index in [9.17, 15) is 4.79 Å². The number of rotatable bonds is 2. The fraction of sp³-hybridized carbons (Fsp3) is 0.300. The number of benzene rings is 1. The molecule has 1 aromatic rings. The molecule has 126 valence electrons. The van der Waals surface area contributed by atoms with E-state index in [4.69, 9.17) is 0 Å². The van der Waals surface area contributed by atoms with Gasteiger partial charge < -0.3 is 4.90 Å². The molecule has 25 heavy (non-hydrogen) atoms. The zero-order chi connectivity index (χ0) is 17.2. The first-order valence-electron chi connectivity index (χ1n) is 8.66. The molecule has 5 heteroatoms. The Kier molecular flexibility index (Phi) is 4.14. The predicted molar refractivity (Wildman–Crippen MR) is 101 cm³/mol. The highest BCUT2D eigenvalue weighted by molar-refractivity contribution is 6.20. The summed E-state index contributed by atoms with van der Waals surface area (Å²) < 4.78 is 0. The van der Waals surface area contributed by atoms with Gasteiger partial charge in [0.25, 0.3) is 5.91 Å². The lowest BCUT2D eigenvalue weighted by atomic mass is 9.93. The first-order chi connectivity index (χ1) is 12.2. The number of amidine groups is 1. The van der Waals surface area contributed by atoms with Crippen LogP contribution in [0.1, 0.15) is 24.0 Å². The summed E-state index contributed by atoms with van der Waals surface area (Å²) in [7, 11) is 0. The van der Waals surface area contributed by atoms with Crippen molar-refractivity contribution in [3.05, 3.63) is 53.1 Å². The largest absolute Gasteiger partial charge is 0.341 e. The van der Waals surface area contributed by atoms with E-state index >= 15 is 0 Å². The van der Waals surface area contributed by atoms with Crippen LogP contribution >= 0.6 is 0 Å². The minimum absolute atomic E-state index is 0.177. The van der Waals surface area contributed by atoms with Crippen molar-refractivity contribution in [3.63, 3.8) is 0 Å². The molecule has 0 bridgehead atoms. The van der Waals surface area contributed by atoms with Crippen molar-refractivity contribution in [2.45, 2.75) is 19.8 Å². The van der Waals surface area contributed by atoms with Gasteiger partial charge in [0.1, 0.15) is 11.8 Å². The minimum atomic E-state index is -0.489. The Morgan fingerprint density at radius 3 is 2.80 bits per heavy atom. The SMILES string of the molecule is Cc1cccc(/C=C/C2=CC=NC3=NC(N4CCCC4)=NC(=O)C23)c1. The smallest absolute Gasteiger partial charge is 0.264 e. The zero-order valence-electron chi connectivity index (χ0n) is 14.2. The Hall–Kier alpha value is -2.82. The van der Waals surface area contributed by atoms with Gasteiger partial charge >= 0.3 is 0 Å². The minimum Gasteiger partial charge on any atom is -0.341 e. The lowest BCUT2D eigenvalue weighted by Crippen LogP contribution is -2.36. The molecule has 0 radical (unpaired) electrons. The summed E-state index contributed by atoms with van der Waals surface area (Å²) >= 11 is 0. The normalized spacial score (nSPS) is 22.8. The number of carbonyl (C=O) groups excluding carboxylic acids is 1. The van der Waals surface area contributed by atoms with E-state index in [-0.39, 0.29) is 5.91 Å². The van der Waals surface area contributed by atoms with Crippen LogP contribution in [-0.2, 0) is 4.79 Å². The molecule has 1 amide bonds. The summed E-state index contributed by atoms with van der Waals surface area (Å²) in [5, 5.41) is 0. The number of hydrogen-bond donors (Lipinski definition) is 0. The van der Waals surface area contributed by atoms with Crippen molar-refractivity contribution in [2.75, 3.05) is 13.1 Å². The third-order valence-corrected chi connectivity index (χ3v) is 4.64. The third-order valence-electron chi connectivity index (χ3n) is 4.64. The van der Waals surface area contributed by atoms with Crippen LogP contribution < -0.4 is 0 Å². The highest BCUT2D eigenvalue weighted by Gasteiger charge is 2.34. The number of dihydropyridines is 1. The zero-order valence-corrected chi connectivity index (χ0v) is 14.2. The molecule has 1 unspecified atom stereocenters. The van der Waals surface area contributed by atoms with Gasteiger partial charge in [0.15, 0.2) is 0 Å². The summed E-state index contributed by atoms with van der Waals surface area (Å²) in [6.07, 6.45) is 9.80. The second kappa shape index (κ2) is 6.59. The molecule has 4 rings (SSSR count). The molecule has 3 aliphatic heterocycles. The van der Waals surface area contributed by atoms with E-state index in [1.807, 2.05) is 30.4 Å². The van der Waals surface area contributed by atoms with Gasteiger partial charge in [0, 0.05) is 19.3 Å². The molecule has 0 N–H and O–H groups in total. The average molecular weight is 332 g/mol. The number of likely N-dealkylation sites (tertiary alicyclic amines) is 1. The monoisotopic (exact) mass is 332 g/mol. The number of carbonyl (C=O) groups is 1. The highest BCUT2D eigenvalue weighted by Crippen LogP contribution is 2.25. The topological polar surface area (TPSA) is 57.4 Å². The molecule has 1 atom stereocenters. The lowest BCUT2D eigenvalue weighted by molar-refractivity contribution is -0.118. The third kappa shape index (κ3) is 3.22. The lowest BCUT2D eigenvalue weighted by Gasteiger charge is -2.24. The summed E-state index contributed by atoms with van der Waals surface area (Å²) in [5.41, 5.74) is 3.19. The first kappa shape index (κ1) is 15.7. The van der Waals surface area contributed by atoms with Crippen LogP contribution in [0.25, 0.3) is 6.08 Å². The van der Waals surface area contributed by atoms with Crippen LogP contribution in [0.3, 0.4) is 0 Å². The molecule has 1 fully saturated rings. The molecule has 3 aliphatic rings. The summed E-state index contributed by atoms with van der Waals surface area (Å²) in [5.74, 6) is 0.407. The number of amides is 1. The maximum atomic E-state index is 12.6. The summed E-state index contributed by atoms with van der Waals surface area (Å²) in [4.78, 5) is 27.8. The Balaban J connectivity index is 1.58. The van der Waals surface area contributed by atoms with Crippen LogP contribution in [-0.4, -0.2) is 41.9 Å². The second-order valence-corrected chi connectivity index (χ2v) is 6.54. The number of guanidine groups is 1. The van der Waals surface area contributed by atoms with Crippen molar-refractivity contribution < 1.29 is 4.79 Å². The van der Waals surface area contributed by atoms with Gasteiger partial charge in [-0.25, -0.2) is 4.99 Å². The van der Waals surface area contributed by atoms with Crippen LogP contribution in [0.4, 0.5) is 0 Å². The molecule has 0 spiro atoms. The Morgan fingerprint density at radius 1 is 1.16 bits per heavy atom. The first-order valence-corrected chi connectivity index (χ1v) is 8.66. The van der Waals surface area contributed by atoms with Gasteiger partial charge in [0.2, 0.25) is 5.96 Å². The molecule has 1 aromatic carbocycles. The van der Waals surface area contributed by atoms with E-state index in [0.717, 1.165) is 37.1 Å². The fourth-order valence-corrected chi connectivity index (χ4v) is 3.33. The van der Waals surface area contributed by atoms with Crippen LogP contribution in [0, 0.1) is 12.8 Å². The predicted octanol–water partition coefficient (Wildman–Crippen LogP) is 3.03. The molecule has 1 saturated heterocycles. The van der Waals surface area contributed by atoms with Crippen molar-refractivity contribution in [3.8, 4) is 0 Å². The maximum Gasteiger partial charge on any atom is 0.264 e. The van der Waals surface area contributed by atoms with Gasteiger partial charge in [-0.2, -0.15) is 9.98 Å². The van der Waals surface area contributed by atoms with E-state index in [0.29, 0.717) is 11.8 Å². The molecule has 0 saturated carbocycles. The van der Waals surface area contributed by atoms with E-state index in [1.54, 1.807) is 6.21 Å².